The van der Waals surface area contributed by atoms with Gasteiger partial charge in [0.2, 0.25) is 5.91 Å². The fourth-order valence-electron chi connectivity index (χ4n) is 5.68. The molecule has 1 amide bonds. The Balaban J connectivity index is 1.72. The minimum atomic E-state index is -0.681. The normalized spacial score (nSPS) is 19.9. The van der Waals surface area contributed by atoms with E-state index >= 15 is 0 Å². The molecule has 238 valence electrons. The molecule has 0 spiro atoms. The number of benzene rings is 2. The van der Waals surface area contributed by atoms with Gasteiger partial charge in [-0.2, -0.15) is 0 Å². The Kier molecular flexibility index (Phi) is 15.2. The second-order valence-electron chi connectivity index (χ2n) is 11.8. The van der Waals surface area contributed by atoms with Gasteiger partial charge in [0, 0.05) is 38.5 Å². The van der Waals surface area contributed by atoms with Crippen molar-refractivity contribution >= 4 is 52.2 Å². The Morgan fingerprint density at radius 1 is 0.886 bits per heavy atom. The standard InChI is InChI=1S/C35H44Cl2N2O5/c1-24(40)39-31(16-9-12-25-10-3-2-4-11-25)34(43)22-27-13-5-6-14-28(41)15-7-8-17-33(42)32(38-23-35(27)44)21-26-18-19-29(36)30(37)20-26/h2-4,10-11,18-20,27,31-32,38H,5-9,12-17,21-23H2,1H3,(H,39,40)/t27-,31+,32+/m1/s1. The van der Waals surface area contributed by atoms with Crippen LogP contribution < -0.4 is 10.6 Å². The molecule has 1 saturated heterocycles. The van der Waals surface area contributed by atoms with Gasteiger partial charge in [0.25, 0.3) is 0 Å². The molecule has 2 N–H and O–H groups in total. The summed E-state index contributed by atoms with van der Waals surface area (Å²) < 4.78 is 0. The Morgan fingerprint density at radius 2 is 1.59 bits per heavy atom. The predicted octanol–water partition coefficient (Wildman–Crippen LogP) is 6.44. The van der Waals surface area contributed by atoms with Crippen LogP contribution in [0.25, 0.3) is 0 Å². The molecule has 1 fully saturated rings. The van der Waals surface area contributed by atoms with E-state index in [1.165, 1.54) is 6.92 Å². The van der Waals surface area contributed by atoms with Gasteiger partial charge in [0.05, 0.1) is 28.7 Å². The molecular weight excluding hydrogens is 599 g/mol. The minimum absolute atomic E-state index is 0.00382. The number of rotatable bonds is 10. The van der Waals surface area contributed by atoms with Crippen molar-refractivity contribution in [3.8, 4) is 0 Å². The number of hydrogen-bond donors (Lipinski definition) is 2. The molecule has 3 atom stereocenters. The van der Waals surface area contributed by atoms with Crippen molar-refractivity contribution in [3.63, 3.8) is 0 Å². The maximum Gasteiger partial charge on any atom is 0.217 e. The molecule has 0 radical (unpaired) electrons. The van der Waals surface area contributed by atoms with Gasteiger partial charge in [-0.25, -0.2) is 0 Å². The van der Waals surface area contributed by atoms with Gasteiger partial charge in [-0.1, -0.05) is 66.0 Å². The third kappa shape index (κ3) is 12.6. The zero-order chi connectivity index (χ0) is 31.9. The van der Waals surface area contributed by atoms with Crippen molar-refractivity contribution < 1.29 is 24.0 Å². The molecule has 0 bridgehead atoms. The summed E-state index contributed by atoms with van der Waals surface area (Å²) in [6, 6.07) is 13.8. The lowest BCUT2D eigenvalue weighted by atomic mass is 9.88. The molecule has 1 heterocycles. The predicted molar refractivity (Wildman–Crippen MR) is 174 cm³/mol. The molecule has 1 aliphatic heterocycles. The molecule has 0 saturated carbocycles. The number of ketones is 4. The fraction of sp³-hybridized carbons (Fsp3) is 0.514. The van der Waals surface area contributed by atoms with Crippen molar-refractivity contribution in [2.45, 2.75) is 102 Å². The molecular formula is C35H44Cl2N2O5. The molecule has 0 aromatic heterocycles. The first-order valence-electron chi connectivity index (χ1n) is 15.7. The highest BCUT2D eigenvalue weighted by Crippen LogP contribution is 2.24. The number of Topliss-reactive ketones (excluding diaryl/α,β-unsaturated/α-hetero) is 4. The molecule has 44 heavy (non-hydrogen) atoms. The number of aryl methyl sites for hydroxylation is 1. The van der Waals surface area contributed by atoms with Crippen molar-refractivity contribution in [2.75, 3.05) is 6.54 Å². The Bertz CT molecular complexity index is 1280. The van der Waals surface area contributed by atoms with Crippen LogP contribution in [0.2, 0.25) is 10.0 Å². The minimum Gasteiger partial charge on any atom is -0.347 e. The van der Waals surface area contributed by atoms with E-state index in [1.54, 1.807) is 18.2 Å². The van der Waals surface area contributed by atoms with Crippen molar-refractivity contribution in [1.29, 1.82) is 0 Å². The smallest absolute Gasteiger partial charge is 0.217 e. The van der Waals surface area contributed by atoms with E-state index in [2.05, 4.69) is 10.6 Å². The van der Waals surface area contributed by atoms with Crippen LogP contribution in [0, 0.1) is 5.92 Å². The van der Waals surface area contributed by atoms with Crippen LogP contribution in [-0.2, 0) is 36.8 Å². The summed E-state index contributed by atoms with van der Waals surface area (Å²) in [6.45, 7) is 1.33. The molecule has 0 aliphatic carbocycles. The second-order valence-corrected chi connectivity index (χ2v) is 12.6. The van der Waals surface area contributed by atoms with E-state index in [0.717, 1.165) is 17.5 Å². The largest absolute Gasteiger partial charge is 0.347 e. The number of carbonyl (C=O) groups is 5. The second kappa shape index (κ2) is 18.8. The highest BCUT2D eigenvalue weighted by atomic mass is 35.5. The van der Waals surface area contributed by atoms with Crippen molar-refractivity contribution in [1.82, 2.24) is 10.6 Å². The summed E-state index contributed by atoms with van der Waals surface area (Å²) in [7, 11) is 0. The van der Waals surface area contributed by atoms with Crippen LogP contribution in [-0.4, -0.2) is 47.7 Å². The van der Waals surface area contributed by atoms with Crippen LogP contribution >= 0.6 is 23.2 Å². The van der Waals surface area contributed by atoms with Gasteiger partial charge >= 0.3 is 0 Å². The number of amides is 1. The van der Waals surface area contributed by atoms with E-state index in [-0.39, 0.29) is 42.0 Å². The fourth-order valence-corrected chi connectivity index (χ4v) is 6.00. The van der Waals surface area contributed by atoms with Gasteiger partial charge < -0.3 is 10.6 Å². The highest BCUT2D eigenvalue weighted by Gasteiger charge is 2.28. The van der Waals surface area contributed by atoms with E-state index < -0.39 is 18.0 Å². The van der Waals surface area contributed by atoms with Gasteiger partial charge in [0.15, 0.2) is 5.78 Å². The van der Waals surface area contributed by atoms with E-state index in [0.29, 0.717) is 80.7 Å². The van der Waals surface area contributed by atoms with E-state index in [4.69, 9.17) is 23.2 Å². The zero-order valence-electron chi connectivity index (χ0n) is 25.5. The van der Waals surface area contributed by atoms with Crippen LogP contribution in [0.5, 0.6) is 0 Å². The highest BCUT2D eigenvalue weighted by molar-refractivity contribution is 6.42. The Hall–Kier alpha value is -2.87. The van der Waals surface area contributed by atoms with Crippen LogP contribution in [0.1, 0.15) is 88.7 Å². The zero-order valence-corrected chi connectivity index (χ0v) is 27.1. The first-order chi connectivity index (χ1) is 21.1. The number of nitrogens with one attached hydrogen (secondary N) is 2. The summed E-state index contributed by atoms with van der Waals surface area (Å²) in [6.07, 6.45) is 6.43. The maximum absolute atomic E-state index is 13.6. The van der Waals surface area contributed by atoms with E-state index in [9.17, 15) is 24.0 Å². The molecule has 2 aromatic carbocycles. The summed E-state index contributed by atoms with van der Waals surface area (Å²) in [5.74, 6) is -1.09. The van der Waals surface area contributed by atoms with Crippen LogP contribution in [0.4, 0.5) is 0 Å². The maximum atomic E-state index is 13.6. The number of carbonyl (C=O) groups excluding carboxylic acids is 5. The quantitative estimate of drug-likeness (QED) is 0.309. The average Bonchev–Trinajstić information content (AvgIpc) is 3.00. The van der Waals surface area contributed by atoms with Gasteiger partial charge in [-0.15, -0.1) is 0 Å². The van der Waals surface area contributed by atoms with Gasteiger partial charge in [-0.05, 0) is 74.6 Å². The van der Waals surface area contributed by atoms with Gasteiger partial charge in [0.1, 0.15) is 17.3 Å². The molecule has 2 aromatic rings. The lowest BCUT2D eigenvalue weighted by Crippen LogP contribution is -2.44. The summed E-state index contributed by atoms with van der Waals surface area (Å²) in [4.78, 5) is 64.7. The third-order valence-corrected chi connectivity index (χ3v) is 8.93. The van der Waals surface area contributed by atoms with Crippen LogP contribution in [0.15, 0.2) is 48.5 Å². The topological polar surface area (TPSA) is 109 Å². The third-order valence-electron chi connectivity index (χ3n) is 8.19. The number of hydrogen-bond acceptors (Lipinski definition) is 6. The average molecular weight is 644 g/mol. The van der Waals surface area contributed by atoms with E-state index in [1.807, 2.05) is 30.3 Å². The van der Waals surface area contributed by atoms with Crippen molar-refractivity contribution in [3.05, 3.63) is 69.7 Å². The van der Waals surface area contributed by atoms with Crippen LogP contribution in [0.3, 0.4) is 0 Å². The Morgan fingerprint density at radius 3 is 2.30 bits per heavy atom. The summed E-state index contributed by atoms with van der Waals surface area (Å²) >= 11 is 12.3. The summed E-state index contributed by atoms with van der Waals surface area (Å²) in [5.41, 5.74) is 1.97. The first kappa shape index (κ1) is 35.6. The number of halogens is 2. The SMILES string of the molecule is CC(=O)N[C@@H](CCCc1ccccc1)C(=O)C[C@H]1CCCCC(=O)CCCCC(=O)[C@H](Cc2ccc(Cl)c(Cl)c2)NCC1=O. The molecule has 3 rings (SSSR count). The molecule has 7 nitrogen and oxygen atoms in total. The van der Waals surface area contributed by atoms with Crippen molar-refractivity contribution in [2.24, 2.45) is 5.92 Å². The summed E-state index contributed by atoms with van der Waals surface area (Å²) in [5, 5.41) is 6.77. The first-order valence-corrected chi connectivity index (χ1v) is 16.5. The lowest BCUT2D eigenvalue weighted by molar-refractivity contribution is -0.130. The lowest BCUT2D eigenvalue weighted by Gasteiger charge is -2.22. The monoisotopic (exact) mass is 642 g/mol. The molecule has 9 heteroatoms. The Labute approximate surface area is 270 Å². The van der Waals surface area contributed by atoms with Gasteiger partial charge in [-0.3, -0.25) is 24.0 Å². The molecule has 0 unspecified atom stereocenters. The molecule has 1 aliphatic rings.